The third-order valence-electron chi connectivity index (χ3n) is 1.99. The van der Waals surface area contributed by atoms with Crippen LogP contribution in [0.2, 0.25) is 0 Å². The fourth-order valence-electron chi connectivity index (χ4n) is 1.31. The van der Waals surface area contributed by atoms with Crippen LogP contribution in [0.25, 0.3) is 0 Å². The first-order chi connectivity index (χ1) is 12.8. The zero-order valence-electron chi connectivity index (χ0n) is 17.5. The molecule has 0 unspecified atom stereocenters. The molecule has 0 spiro atoms. The van der Waals surface area contributed by atoms with Gasteiger partial charge in [-0.3, -0.25) is 14.4 Å². The first kappa shape index (κ1) is 34.7. The molecule has 0 atom stereocenters. The van der Waals surface area contributed by atoms with E-state index in [0.717, 1.165) is 0 Å². The molecule has 1 radical (unpaired) electrons. The SMILES string of the molecule is CC(=O)/C=C(/C)O.CC(=O)/C=C(/C)O.CC(=O)/C=C(/C)O.Oc1ccccc1.[Eu]. The molecule has 0 saturated heterocycles. The Morgan fingerprint density at radius 2 is 0.862 bits per heavy atom. The number of phenolic OH excluding ortho intramolecular Hbond substituents is 1. The number of para-hydroxylation sites is 1. The first-order valence-electron chi connectivity index (χ1n) is 8.15. The van der Waals surface area contributed by atoms with Crippen molar-refractivity contribution in [3.63, 3.8) is 0 Å². The number of aromatic hydroxyl groups is 1. The Balaban J connectivity index is -0.000000142. The predicted molar refractivity (Wildman–Crippen MR) is 109 cm³/mol. The van der Waals surface area contributed by atoms with Gasteiger partial charge in [0.05, 0.1) is 17.3 Å². The number of aliphatic hydroxyl groups is 3. The van der Waals surface area contributed by atoms with Crippen molar-refractivity contribution in [1.82, 2.24) is 0 Å². The third-order valence-corrected chi connectivity index (χ3v) is 1.99. The van der Waals surface area contributed by atoms with Crippen molar-refractivity contribution in [2.24, 2.45) is 0 Å². The van der Waals surface area contributed by atoms with Crippen LogP contribution in [0.1, 0.15) is 41.5 Å². The monoisotopic (exact) mass is 547 g/mol. The molecule has 0 aromatic heterocycles. The Labute approximate surface area is 213 Å². The van der Waals surface area contributed by atoms with E-state index in [2.05, 4.69) is 0 Å². The van der Waals surface area contributed by atoms with Crippen molar-refractivity contribution < 1.29 is 84.2 Å². The van der Waals surface area contributed by atoms with Gasteiger partial charge >= 0.3 is 0 Å². The van der Waals surface area contributed by atoms with Gasteiger partial charge in [0.1, 0.15) is 5.75 Å². The number of hydrogen-bond acceptors (Lipinski definition) is 7. The van der Waals surface area contributed by atoms with Crippen molar-refractivity contribution in [2.75, 3.05) is 0 Å². The van der Waals surface area contributed by atoms with E-state index in [0.29, 0.717) is 5.75 Å². The molecule has 0 fully saturated rings. The molecule has 4 N–H and O–H groups in total. The number of allylic oxidation sites excluding steroid dienone is 6. The van der Waals surface area contributed by atoms with Crippen LogP contribution in [0.15, 0.2) is 65.8 Å². The van der Waals surface area contributed by atoms with E-state index in [4.69, 9.17) is 20.4 Å². The summed E-state index contributed by atoms with van der Waals surface area (Å²) in [7, 11) is 0. The minimum atomic E-state index is -0.125. The minimum Gasteiger partial charge on any atom is -0.512 e. The number of benzene rings is 1. The smallest absolute Gasteiger partial charge is 0.155 e. The molecule has 29 heavy (non-hydrogen) atoms. The fourth-order valence-corrected chi connectivity index (χ4v) is 1.31. The van der Waals surface area contributed by atoms with Crippen LogP contribution in [0.4, 0.5) is 0 Å². The van der Waals surface area contributed by atoms with Gasteiger partial charge in [-0.05, 0) is 53.7 Å². The van der Waals surface area contributed by atoms with Crippen molar-refractivity contribution in [3.8, 4) is 5.75 Å². The molecule has 7 nitrogen and oxygen atoms in total. The minimum absolute atomic E-state index is 0. The molecule has 0 heterocycles. The Morgan fingerprint density at radius 3 is 0.931 bits per heavy atom. The van der Waals surface area contributed by atoms with Gasteiger partial charge in [0.25, 0.3) is 0 Å². The Kier molecular flexibility index (Phi) is 27.0. The number of hydrogen-bond donors (Lipinski definition) is 4. The van der Waals surface area contributed by atoms with E-state index in [9.17, 15) is 14.4 Å². The molecule has 0 bridgehead atoms. The molecule has 0 aliphatic carbocycles. The zero-order chi connectivity index (χ0) is 22.7. The summed E-state index contributed by atoms with van der Waals surface area (Å²) in [4.78, 5) is 30.1. The normalized spacial score (nSPS) is 10.3. The Hall–Kier alpha value is -1.77. The predicted octanol–water partition coefficient (Wildman–Crippen LogP) is 4.50. The molecular weight excluding hydrogens is 516 g/mol. The van der Waals surface area contributed by atoms with Crippen molar-refractivity contribution >= 4 is 17.3 Å². The van der Waals surface area contributed by atoms with Crippen molar-refractivity contribution in [3.05, 3.63) is 65.8 Å². The summed E-state index contributed by atoms with van der Waals surface area (Å²) in [6.07, 6.45) is 3.50. The maximum Gasteiger partial charge on any atom is 0.155 e. The second-order valence-electron chi connectivity index (χ2n) is 5.52. The molecule has 1 aromatic carbocycles. The second-order valence-corrected chi connectivity index (χ2v) is 5.52. The van der Waals surface area contributed by atoms with E-state index < -0.39 is 0 Å². The first-order valence-corrected chi connectivity index (χ1v) is 8.15. The van der Waals surface area contributed by atoms with E-state index in [1.54, 1.807) is 24.3 Å². The van der Waals surface area contributed by atoms with Gasteiger partial charge in [0.15, 0.2) is 17.3 Å². The second kappa shape index (κ2) is 22.5. The molecule has 0 saturated carbocycles. The van der Waals surface area contributed by atoms with Gasteiger partial charge in [-0.15, -0.1) is 0 Å². The summed E-state index contributed by atoms with van der Waals surface area (Å²) in [5, 5.41) is 33.7. The zero-order valence-corrected chi connectivity index (χ0v) is 19.9. The molecule has 163 valence electrons. The number of carbonyl (C=O) groups is 3. The van der Waals surface area contributed by atoms with Crippen LogP contribution in [0, 0.1) is 49.4 Å². The topological polar surface area (TPSA) is 132 Å². The largest absolute Gasteiger partial charge is 0.512 e. The molecular formula is C21H30EuO7. The van der Waals surface area contributed by atoms with Crippen LogP contribution in [-0.4, -0.2) is 37.8 Å². The van der Waals surface area contributed by atoms with Gasteiger partial charge in [0, 0.05) is 67.6 Å². The molecule has 1 aromatic rings. The van der Waals surface area contributed by atoms with Gasteiger partial charge < -0.3 is 20.4 Å². The van der Waals surface area contributed by atoms with Crippen LogP contribution >= 0.6 is 0 Å². The van der Waals surface area contributed by atoms with E-state index in [-0.39, 0.29) is 84.0 Å². The summed E-state index contributed by atoms with van der Waals surface area (Å²) >= 11 is 0. The summed E-state index contributed by atoms with van der Waals surface area (Å²) in [5.41, 5.74) is 0. The maximum atomic E-state index is 10.0. The molecule has 0 aliphatic heterocycles. The van der Waals surface area contributed by atoms with Gasteiger partial charge in [-0.2, -0.15) is 0 Å². The number of phenols is 1. The number of rotatable bonds is 3. The fraction of sp³-hybridized carbons (Fsp3) is 0.286. The third kappa shape index (κ3) is 46.3. The van der Waals surface area contributed by atoms with E-state index >= 15 is 0 Å². The van der Waals surface area contributed by atoms with Crippen LogP contribution in [0.3, 0.4) is 0 Å². The Bertz CT molecular complexity index is 612. The average Bonchev–Trinajstić information content (AvgIpc) is 2.45. The standard InChI is InChI=1S/C6H6O.3C5H8O2.Eu/c7-6-4-2-1-3-5-6;3*1-4(6)3-5(2)7;/h1-5,7H;3*3,6H,1-2H3;/b;3*4-3-;. The van der Waals surface area contributed by atoms with Crippen molar-refractivity contribution in [1.29, 1.82) is 0 Å². The van der Waals surface area contributed by atoms with Crippen LogP contribution < -0.4 is 0 Å². The maximum absolute atomic E-state index is 10.0. The summed E-state index contributed by atoms with van der Waals surface area (Å²) in [6, 6.07) is 8.71. The molecule has 0 amide bonds. The molecule has 0 aliphatic rings. The van der Waals surface area contributed by atoms with Crippen LogP contribution in [0.5, 0.6) is 5.75 Å². The summed E-state index contributed by atoms with van der Waals surface area (Å²) in [5.74, 6) is 0.134. The van der Waals surface area contributed by atoms with Gasteiger partial charge in [-0.1, -0.05) is 18.2 Å². The number of ketones is 3. The molecule has 1 rings (SSSR count). The van der Waals surface area contributed by atoms with Gasteiger partial charge in [-0.25, -0.2) is 0 Å². The average molecular weight is 546 g/mol. The van der Waals surface area contributed by atoms with E-state index in [1.807, 2.05) is 6.07 Å². The van der Waals surface area contributed by atoms with E-state index in [1.165, 1.54) is 59.8 Å². The van der Waals surface area contributed by atoms with Gasteiger partial charge in [0.2, 0.25) is 0 Å². The van der Waals surface area contributed by atoms with Crippen LogP contribution in [-0.2, 0) is 14.4 Å². The summed E-state index contributed by atoms with van der Waals surface area (Å²) < 4.78 is 0. The van der Waals surface area contributed by atoms with Crippen molar-refractivity contribution in [2.45, 2.75) is 41.5 Å². The summed E-state index contributed by atoms with van der Waals surface area (Å²) in [6.45, 7) is 8.54. The number of carbonyl (C=O) groups excluding carboxylic acids is 3. The quantitative estimate of drug-likeness (QED) is 0.324. The molecule has 8 heteroatoms. The Morgan fingerprint density at radius 1 is 0.621 bits per heavy atom. The number of aliphatic hydroxyl groups excluding tert-OH is 3.